The van der Waals surface area contributed by atoms with E-state index in [1.54, 1.807) is 0 Å². The van der Waals surface area contributed by atoms with E-state index in [0.717, 1.165) is 0 Å². The zero-order chi connectivity index (χ0) is 14.0. The first kappa shape index (κ1) is 13.9. The Morgan fingerprint density at radius 3 is 2.47 bits per heavy atom. The van der Waals surface area contributed by atoms with E-state index in [1.165, 1.54) is 28.6 Å². The third kappa shape index (κ3) is 3.28. The number of nitro groups is 1. The van der Waals surface area contributed by atoms with Crippen molar-refractivity contribution in [1.29, 1.82) is 0 Å². The van der Waals surface area contributed by atoms with Gasteiger partial charge in [-0.1, -0.05) is 12.1 Å². The second-order valence-electron chi connectivity index (χ2n) is 4.48. The van der Waals surface area contributed by atoms with Gasteiger partial charge in [0.05, 0.1) is 16.8 Å². The topological polar surface area (TPSA) is 101 Å². The molecule has 1 aliphatic rings. The average molecular weight is 286 g/mol. The number of hydrogen-bond acceptors (Lipinski definition) is 5. The molecule has 0 saturated carbocycles. The molecular weight excluding hydrogens is 272 g/mol. The molecule has 0 bridgehead atoms. The number of benzene rings is 1. The van der Waals surface area contributed by atoms with Crippen molar-refractivity contribution in [2.75, 3.05) is 13.1 Å². The maximum Gasteiger partial charge on any atom is 0.269 e. The number of nitrogens with zero attached hydrogens (tertiary/aromatic N) is 2. The smallest absolute Gasteiger partial charge is 0.269 e. The summed E-state index contributed by atoms with van der Waals surface area (Å²) in [5.74, 6) is -0.211. The zero-order valence-corrected chi connectivity index (χ0v) is 10.9. The summed E-state index contributed by atoms with van der Waals surface area (Å²) in [6.07, 6.45) is -0.161. The van der Waals surface area contributed by atoms with E-state index in [4.69, 9.17) is 0 Å². The normalized spacial score (nSPS) is 20.6. The number of β-amino-alcohol motifs (C(OH)–C–C–N with tert-alkyl or cyclic N) is 1. The third-order valence-corrected chi connectivity index (χ3v) is 4.83. The molecule has 1 aromatic rings. The van der Waals surface area contributed by atoms with Gasteiger partial charge in [-0.2, -0.15) is 4.31 Å². The van der Waals surface area contributed by atoms with E-state index in [-0.39, 0.29) is 18.0 Å². The van der Waals surface area contributed by atoms with Crippen LogP contribution in [0, 0.1) is 10.1 Å². The first-order valence-electron chi connectivity index (χ1n) is 5.78. The van der Waals surface area contributed by atoms with Crippen LogP contribution >= 0.6 is 0 Å². The lowest BCUT2D eigenvalue weighted by atomic mass is 10.2. The highest BCUT2D eigenvalue weighted by Crippen LogP contribution is 2.19. The van der Waals surface area contributed by atoms with E-state index in [1.807, 2.05) is 0 Å². The minimum absolute atomic E-state index is 0.0715. The fourth-order valence-corrected chi connectivity index (χ4v) is 3.56. The van der Waals surface area contributed by atoms with Gasteiger partial charge in [0.25, 0.3) is 5.69 Å². The summed E-state index contributed by atoms with van der Waals surface area (Å²) in [5, 5.41) is 19.8. The fraction of sp³-hybridized carbons (Fsp3) is 0.455. The van der Waals surface area contributed by atoms with Crippen molar-refractivity contribution in [2.24, 2.45) is 0 Å². The molecule has 0 aromatic heterocycles. The highest BCUT2D eigenvalue weighted by molar-refractivity contribution is 7.88. The minimum atomic E-state index is -3.48. The van der Waals surface area contributed by atoms with Gasteiger partial charge in [0.2, 0.25) is 10.0 Å². The molecule has 19 heavy (non-hydrogen) atoms. The largest absolute Gasteiger partial charge is 0.392 e. The van der Waals surface area contributed by atoms with E-state index >= 15 is 0 Å². The molecule has 0 amide bonds. The highest BCUT2D eigenvalue weighted by atomic mass is 32.2. The van der Waals surface area contributed by atoms with Crippen LogP contribution in [0.15, 0.2) is 24.3 Å². The van der Waals surface area contributed by atoms with E-state index in [2.05, 4.69) is 0 Å². The standard InChI is InChI=1S/C11H14N2O5S/c14-11-5-6-12(7-11)19(17,18)8-9-1-3-10(4-2-9)13(15)16/h1-4,11,14H,5-8H2/t11-/m1/s1. The second kappa shape index (κ2) is 5.24. The van der Waals surface area contributed by atoms with Crippen LogP contribution in [0.2, 0.25) is 0 Å². The molecule has 1 saturated heterocycles. The number of sulfonamides is 1. The highest BCUT2D eigenvalue weighted by Gasteiger charge is 2.30. The van der Waals surface area contributed by atoms with Crippen molar-refractivity contribution >= 4 is 15.7 Å². The number of aliphatic hydroxyl groups excluding tert-OH is 1. The maximum atomic E-state index is 12.0. The van der Waals surface area contributed by atoms with Crippen LogP contribution in [0.25, 0.3) is 0 Å². The number of rotatable bonds is 4. The predicted molar refractivity (Wildman–Crippen MR) is 67.9 cm³/mol. The first-order valence-corrected chi connectivity index (χ1v) is 7.38. The molecule has 1 aliphatic heterocycles. The van der Waals surface area contributed by atoms with Crippen LogP contribution < -0.4 is 0 Å². The number of aliphatic hydroxyl groups is 1. The van der Waals surface area contributed by atoms with Crippen LogP contribution in [0.4, 0.5) is 5.69 Å². The number of hydrogen-bond donors (Lipinski definition) is 1. The van der Waals surface area contributed by atoms with Crippen LogP contribution in [0.1, 0.15) is 12.0 Å². The number of non-ortho nitro benzene ring substituents is 1. The minimum Gasteiger partial charge on any atom is -0.392 e. The van der Waals surface area contributed by atoms with E-state index in [0.29, 0.717) is 18.5 Å². The van der Waals surface area contributed by atoms with Gasteiger partial charge in [0.15, 0.2) is 0 Å². The Morgan fingerprint density at radius 1 is 1.37 bits per heavy atom. The molecular formula is C11H14N2O5S. The van der Waals surface area contributed by atoms with Crippen LogP contribution in [0.3, 0.4) is 0 Å². The van der Waals surface area contributed by atoms with Crippen molar-refractivity contribution in [3.05, 3.63) is 39.9 Å². The van der Waals surface area contributed by atoms with Gasteiger partial charge in [-0.3, -0.25) is 10.1 Å². The number of nitro benzene ring substituents is 1. The molecule has 0 aliphatic carbocycles. The Hall–Kier alpha value is -1.51. The molecule has 0 radical (unpaired) electrons. The summed E-state index contributed by atoms with van der Waals surface area (Å²) in [6.45, 7) is 0.436. The molecule has 7 nitrogen and oxygen atoms in total. The molecule has 104 valence electrons. The van der Waals surface area contributed by atoms with Gasteiger partial charge in [-0.25, -0.2) is 8.42 Å². The first-order chi connectivity index (χ1) is 8.88. The van der Waals surface area contributed by atoms with Crippen molar-refractivity contribution in [3.8, 4) is 0 Å². The average Bonchev–Trinajstić information content (AvgIpc) is 2.77. The van der Waals surface area contributed by atoms with Gasteiger partial charge < -0.3 is 5.11 Å². The molecule has 0 spiro atoms. The fourth-order valence-electron chi connectivity index (χ4n) is 1.98. The van der Waals surface area contributed by atoms with Gasteiger partial charge in [-0.15, -0.1) is 0 Å². The van der Waals surface area contributed by atoms with Gasteiger partial charge in [0.1, 0.15) is 0 Å². The lowest BCUT2D eigenvalue weighted by Gasteiger charge is -2.15. The Morgan fingerprint density at radius 2 is 2.00 bits per heavy atom. The zero-order valence-electron chi connectivity index (χ0n) is 10.1. The van der Waals surface area contributed by atoms with E-state index in [9.17, 15) is 23.6 Å². The SMILES string of the molecule is O=[N+]([O-])c1ccc(CS(=O)(=O)N2CC[C@@H](O)C2)cc1. The lowest BCUT2D eigenvalue weighted by molar-refractivity contribution is -0.384. The second-order valence-corrected chi connectivity index (χ2v) is 6.45. The molecule has 2 rings (SSSR count). The predicted octanol–water partition coefficient (Wildman–Crippen LogP) is 0.491. The lowest BCUT2D eigenvalue weighted by Crippen LogP contribution is -2.30. The summed E-state index contributed by atoms with van der Waals surface area (Å²) in [6, 6.07) is 5.43. The Kier molecular flexibility index (Phi) is 3.83. The van der Waals surface area contributed by atoms with Crippen molar-refractivity contribution < 1.29 is 18.4 Å². The van der Waals surface area contributed by atoms with Crippen molar-refractivity contribution in [1.82, 2.24) is 4.31 Å². The Bertz CT molecular complexity index is 569. The van der Waals surface area contributed by atoms with Crippen molar-refractivity contribution in [2.45, 2.75) is 18.3 Å². The van der Waals surface area contributed by atoms with Crippen LogP contribution in [-0.4, -0.2) is 41.9 Å². The molecule has 8 heteroatoms. The molecule has 0 unspecified atom stereocenters. The van der Waals surface area contributed by atoms with Crippen LogP contribution in [0.5, 0.6) is 0 Å². The van der Waals surface area contributed by atoms with Gasteiger partial charge in [0, 0.05) is 25.2 Å². The van der Waals surface area contributed by atoms with E-state index < -0.39 is 21.1 Å². The van der Waals surface area contributed by atoms with Crippen molar-refractivity contribution in [3.63, 3.8) is 0 Å². The summed E-state index contributed by atoms with van der Waals surface area (Å²) in [7, 11) is -3.48. The molecule has 1 atom stereocenters. The molecule has 1 heterocycles. The Balaban J connectivity index is 2.10. The quantitative estimate of drug-likeness (QED) is 0.641. The summed E-state index contributed by atoms with van der Waals surface area (Å²) in [5.41, 5.74) is 0.421. The summed E-state index contributed by atoms with van der Waals surface area (Å²) >= 11 is 0. The maximum absolute atomic E-state index is 12.0. The summed E-state index contributed by atoms with van der Waals surface area (Å²) in [4.78, 5) is 9.96. The molecule has 1 aromatic carbocycles. The third-order valence-electron chi connectivity index (χ3n) is 3.02. The van der Waals surface area contributed by atoms with Crippen LogP contribution in [-0.2, 0) is 15.8 Å². The summed E-state index contributed by atoms with van der Waals surface area (Å²) < 4.78 is 25.3. The van der Waals surface area contributed by atoms with Gasteiger partial charge in [-0.05, 0) is 12.0 Å². The van der Waals surface area contributed by atoms with Gasteiger partial charge >= 0.3 is 0 Å². The molecule has 1 fully saturated rings. The molecule has 1 N–H and O–H groups in total. The monoisotopic (exact) mass is 286 g/mol. The Labute approximate surface area is 110 Å².